The molecular weight excluding hydrogens is 585 g/mol. The molecule has 2 aromatic heterocycles. The second kappa shape index (κ2) is 14.4. The van der Waals surface area contributed by atoms with Gasteiger partial charge >= 0.3 is 0 Å². The first-order valence-electron chi connectivity index (χ1n) is 14.5. The molecule has 0 aliphatic carbocycles. The summed E-state index contributed by atoms with van der Waals surface area (Å²) in [4.78, 5) is 7.80. The van der Waals surface area contributed by atoms with E-state index in [1.54, 1.807) is 0 Å². The molecule has 0 atom stereocenters. The number of azo groups is 2. The van der Waals surface area contributed by atoms with E-state index in [0.29, 0.717) is 23.9 Å². The van der Waals surface area contributed by atoms with Crippen LogP contribution in [0, 0.1) is 0 Å². The van der Waals surface area contributed by atoms with Crippen LogP contribution in [0.25, 0.3) is 9.53 Å². The maximum absolute atomic E-state index is 6.37. The number of fused-ring (bicyclic) bond motifs is 1. The summed E-state index contributed by atoms with van der Waals surface area (Å²) in [5.41, 5.74) is 3.35. The molecule has 42 heavy (non-hydrogen) atoms. The minimum Gasteiger partial charge on any atom is -0.491 e. The van der Waals surface area contributed by atoms with E-state index in [9.17, 15) is 0 Å². The van der Waals surface area contributed by atoms with Gasteiger partial charge in [-0.2, -0.15) is 0 Å². The second-order valence-electron chi connectivity index (χ2n) is 10.4. The number of nitrogens with zero attached hydrogens (tertiary/aromatic N) is 6. The molecular formula is C30H38N6O3S2Si. The summed E-state index contributed by atoms with van der Waals surface area (Å²) in [6.45, 7) is 13.6. The monoisotopic (exact) mass is 622 g/mol. The minimum absolute atomic E-state index is 0.546. The summed E-state index contributed by atoms with van der Waals surface area (Å²) in [5.74, 6) is 0.804. The predicted molar refractivity (Wildman–Crippen MR) is 175 cm³/mol. The zero-order chi connectivity index (χ0) is 29.4. The fraction of sp³-hybridized carbons (Fsp3) is 0.433. The van der Waals surface area contributed by atoms with E-state index in [2.05, 4.69) is 70.2 Å². The standard InChI is InChI=1S/C30H38N6O3S2Si/c1-5-42(6-2,22(3)4)39-20-19-38-26-13-9-24(10-14-26)32-34-28-21-27-29(41-28)31-30(40-27)35-33-23-7-11-25(12-8-23)36-15-17-37-18-16-36/h7-14,21-22H,5-6,15-20H2,1-4H3. The highest BCUT2D eigenvalue weighted by Crippen LogP contribution is 2.39. The summed E-state index contributed by atoms with van der Waals surface area (Å²) in [6.07, 6.45) is 0. The molecule has 1 saturated heterocycles. The molecule has 3 heterocycles. The molecule has 0 N–H and O–H groups in total. The van der Waals surface area contributed by atoms with Crippen LogP contribution in [0.15, 0.2) is 75.1 Å². The maximum Gasteiger partial charge on any atom is 0.231 e. The lowest BCUT2D eigenvalue weighted by Gasteiger charge is -2.33. The van der Waals surface area contributed by atoms with Crippen molar-refractivity contribution >= 4 is 67.7 Å². The zero-order valence-electron chi connectivity index (χ0n) is 24.7. The SMILES string of the molecule is CC[Si](CC)(OCCOc1ccc(N=Nc2cc3sc(N=Nc4ccc(N5CCOCC5)cc4)nc3s2)cc1)C(C)C. The molecule has 1 aliphatic heterocycles. The lowest BCUT2D eigenvalue weighted by Crippen LogP contribution is -2.41. The number of benzene rings is 2. The number of hydrogen-bond acceptors (Lipinski definition) is 11. The number of anilines is 1. The Labute approximate surface area is 256 Å². The van der Waals surface area contributed by atoms with Gasteiger partial charge in [0.1, 0.15) is 22.2 Å². The molecule has 2 aromatic carbocycles. The Kier molecular flexibility index (Phi) is 10.5. The van der Waals surface area contributed by atoms with Gasteiger partial charge in [0.15, 0.2) is 8.32 Å². The van der Waals surface area contributed by atoms with Crippen LogP contribution in [-0.2, 0) is 9.16 Å². The minimum atomic E-state index is -1.67. The van der Waals surface area contributed by atoms with Crippen molar-refractivity contribution in [2.75, 3.05) is 44.4 Å². The van der Waals surface area contributed by atoms with Gasteiger partial charge in [-0.15, -0.1) is 20.5 Å². The Morgan fingerprint density at radius 3 is 2.19 bits per heavy atom. The molecule has 12 heteroatoms. The van der Waals surface area contributed by atoms with Gasteiger partial charge in [-0.25, -0.2) is 4.98 Å². The average molecular weight is 623 g/mol. The molecule has 0 radical (unpaired) electrons. The van der Waals surface area contributed by atoms with E-state index in [1.165, 1.54) is 28.4 Å². The molecule has 1 fully saturated rings. The third-order valence-corrected chi connectivity index (χ3v) is 14.8. The van der Waals surface area contributed by atoms with E-state index >= 15 is 0 Å². The third kappa shape index (κ3) is 7.67. The quantitative estimate of drug-likeness (QED) is 0.0840. The van der Waals surface area contributed by atoms with Crippen LogP contribution in [0.1, 0.15) is 27.7 Å². The van der Waals surface area contributed by atoms with E-state index in [0.717, 1.165) is 70.0 Å². The second-order valence-corrected chi connectivity index (χ2v) is 17.4. The van der Waals surface area contributed by atoms with Gasteiger partial charge < -0.3 is 18.8 Å². The summed E-state index contributed by atoms with van der Waals surface area (Å²) >= 11 is 2.98. The molecule has 0 spiro atoms. The van der Waals surface area contributed by atoms with E-state index in [-0.39, 0.29) is 0 Å². The first kappa shape index (κ1) is 30.4. The van der Waals surface area contributed by atoms with Gasteiger partial charge in [0.05, 0.1) is 35.9 Å². The first-order valence-corrected chi connectivity index (χ1v) is 18.5. The number of hydrogen-bond donors (Lipinski definition) is 0. The van der Waals surface area contributed by atoms with Crippen LogP contribution in [0.3, 0.4) is 0 Å². The molecule has 5 rings (SSSR count). The number of aromatic nitrogens is 1. The highest BCUT2D eigenvalue weighted by Gasteiger charge is 2.34. The van der Waals surface area contributed by atoms with Crippen molar-refractivity contribution < 1.29 is 13.9 Å². The van der Waals surface area contributed by atoms with Crippen LogP contribution in [0.4, 0.5) is 27.2 Å². The fourth-order valence-electron chi connectivity index (χ4n) is 5.01. The van der Waals surface area contributed by atoms with Gasteiger partial charge in [-0.05, 0) is 72.2 Å². The fourth-order valence-corrected chi connectivity index (χ4v) is 10.2. The predicted octanol–water partition coefficient (Wildman–Crippen LogP) is 9.82. The largest absolute Gasteiger partial charge is 0.491 e. The Morgan fingerprint density at radius 2 is 1.55 bits per heavy atom. The molecule has 1 aliphatic rings. The molecule has 0 saturated carbocycles. The molecule has 9 nitrogen and oxygen atoms in total. The molecule has 0 unspecified atom stereocenters. The number of ether oxygens (including phenoxy) is 2. The molecule has 0 amide bonds. The maximum atomic E-state index is 6.37. The number of rotatable bonds is 13. The van der Waals surface area contributed by atoms with Crippen molar-refractivity contribution in [3.8, 4) is 5.75 Å². The van der Waals surface area contributed by atoms with Crippen molar-refractivity contribution in [3.63, 3.8) is 0 Å². The highest BCUT2D eigenvalue weighted by atomic mass is 32.1. The van der Waals surface area contributed by atoms with Gasteiger partial charge in [0.2, 0.25) is 5.13 Å². The summed E-state index contributed by atoms with van der Waals surface area (Å²) < 4.78 is 18.7. The average Bonchev–Trinajstić information content (AvgIpc) is 3.59. The Morgan fingerprint density at radius 1 is 0.881 bits per heavy atom. The van der Waals surface area contributed by atoms with Crippen LogP contribution < -0.4 is 9.64 Å². The summed E-state index contributed by atoms with van der Waals surface area (Å²) in [5, 5.41) is 18.9. The van der Waals surface area contributed by atoms with Crippen molar-refractivity contribution in [1.82, 2.24) is 4.98 Å². The van der Waals surface area contributed by atoms with E-state index in [1.807, 2.05) is 42.5 Å². The van der Waals surface area contributed by atoms with Crippen LogP contribution in [0.5, 0.6) is 5.75 Å². The Bertz CT molecular complexity index is 1450. The molecule has 222 valence electrons. The van der Waals surface area contributed by atoms with Crippen molar-refractivity contribution in [2.24, 2.45) is 20.5 Å². The Balaban J connectivity index is 1.11. The first-order chi connectivity index (χ1) is 20.5. The zero-order valence-corrected chi connectivity index (χ0v) is 27.3. The van der Waals surface area contributed by atoms with Crippen molar-refractivity contribution in [2.45, 2.75) is 45.3 Å². The van der Waals surface area contributed by atoms with Crippen LogP contribution >= 0.6 is 22.7 Å². The van der Waals surface area contributed by atoms with Crippen LogP contribution in [-0.4, -0.2) is 52.8 Å². The highest BCUT2D eigenvalue weighted by molar-refractivity contribution is 7.30. The van der Waals surface area contributed by atoms with Gasteiger partial charge in [-0.3, -0.25) is 0 Å². The number of morpholine rings is 1. The smallest absolute Gasteiger partial charge is 0.231 e. The van der Waals surface area contributed by atoms with E-state index < -0.39 is 8.32 Å². The summed E-state index contributed by atoms with van der Waals surface area (Å²) in [6, 6.07) is 20.0. The van der Waals surface area contributed by atoms with Gasteiger partial charge in [-0.1, -0.05) is 50.4 Å². The topological polar surface area (TPSA) is 93.3 Å². The number of thiazole rings is 1. The number of thiophene rings is 1. The summed E-state index contributed by atoms with van der Waals surface area (Å²) in [7, 11) is -1.67. The van der Waals surface area contributed by atoms with Gasteiger partial charge in [0, 0.05) is 18.8 Å². The van der Waals surface area contributed by atoms with Gasteiger partial charge in [0.25, 0.3) is 0 Å². The lowest BCUT2D eigenvalue weighted by molar-refractivity contribution is 0.122. The Hall–Kier alpha value is -3.03. The lowest BCUT2D eigenvalue weighted by atomic mass is 10.2. The van der Waals surface area contributed by atoms with E-state index in [4.69, 9.17) is 13.9 Å². The molecule has 4 aromatic rings. The normalized spacial score (nSPS) is 14.6. The van der Waals surface area contributed by atoms with Crippen LogP contribution in [0.2, 0.25) is 17.6 Å². The molecule has 0 bridgehead atoms. The third-order valence-electron chi connectivity index (χ3n) is 7.63. The van der Waals surface area contributed by atoms with Crippen molar-refractivity contribution in [3.05, 3.63) is 54.6 Å². The van der Waals surface area contributed by atoms with Crippen molar-refractivity contribution in [1.29, 1.82) is 0 Å².